The van der Waals surface area contributed by atoms with Crippen molar-refractivity contribution in [2.75, 3.05) is 0 Å². The average Bonchev–Trinajstić information content (AvgIpc) is 2.55. The lowest BCUT2D eigenvalue weighted by Gasteiger charge is -2.01. The molecule has 0 saturated carbocycles. The summed E-state index contributed by atoms with van der Waals surface area (Å²) >= 11 is 0. The molecule has 2 aromatic carbocycles. The highest BCUT2D eigenvalue weighted by atomic mass is 16.6. The third-order valence-electron chi connectivity index (χ3n) is 3.15. The lowest BCUT2D eigenvalue weighted by atomic mass is 10.1. The number of hydrogen-bond acceptors (Lipinski definition) is 6. The molecule has 3 aromatic rings. The molecule has 0 saturated heterocycles. The van der Waals surface area contributed by atoms with Gasteiger partial charge in [0.1, 0.15) is 11.3 Å². The van der Waals surface area contributed by atoms with Crippen molar-refractivity contribution in [1.29, 1.82) is 0 Å². The maximum Gasteiger partial charge on any atom is 0.362 e. The lowest BCUT2D eigenvalue weighted by molar-refractivity contribution is -0.384. The summed E-state index contributed by atoms with van der Waals surface area (Å²) in [5, 5.41) is 20.8. The van der Waals surface area contributed by atoms with E-state index in [1.165, 1.54) is 24.3 Å². The fourth-order valence-electron chi connectivity index (χ4n) is 2.03. The largest absolute Gasteiger partial charge is 0.507 e. The van der Waals surface area contributed by atoms with Gasteiger partial charge in [-0.05, 0) is 6.07 Å². The predicted octanol–water partition coefficient (Wildman–Crippen LogP) is 3.15. The highest BCUT2D eigenvalue weighted by Crippen LogP contribution is 2.19. The van der Waals surface area contributed by atoms with Crippen molar-refractivity contribution in [3.63, 3.8) is 0 Å². The molecule has 0 aliphatic rings. The summed E-state index contributed by atoms with van der Waals surface area (Å²) in [6.07, 6.45) is 1.17. The van der Waals surface area contributed by atoms with E-state index in [1.54, 1.807) is 30.3 Å². The van der Waals surface area contributed by atoms with Gasteiger partial charge in [0.2, 0.25) is 0 Å². The topological polar surface area (TPSA) is 106 Å². The van der Waals surface area contributed by atoms with Gasteiger partial charge in [-0.15, -0.1) is 0 Å². The highest BCUT2D eigenvalue weighted by molar-refractivity contribution is 5.79. The molecule has 0 bridgehead atoms. The third-order valence-corrected chi connectivity index (χ3v) is 3.15. The monoisotopic (exact) mass is 310 g/mol. The minimum absolute atomic E-state index is 0.136. The summed E-state index contributed by atoms with van der Waals surface area (Å²) in [6, 6.07) is 12.3. The Bertz CT molecular complexity index is 977. The van der Waals surface area contributed by atoms with Crippen molar-refractivity contribution in [1.82, 2.24) is 4.98 Å². The molecule has 3 rings (SSSR count). The van der Waals surface area contributed by atoms with E-state index in [9.17, 15) is 20.0 Å². The molecule has 0 fully saturated rings. The fourth-order valence-corrected chi connectivity index (χ4v) is 2.03. The van der Waals surface area contributed by atoms with Crippen LogP contribution in [0, 0.1) is 10.1 Å². The summed E-state index contributed by atoms with van der Waals surface area (Å²) in [7, 11) is 0. The molecule has 23 heavy (non-hydrogen) atoms. The normalized spacial score (nSPS) is 11.6. The van der Waals surface area contributed by atoms with Crippen LogP contribution in [0.1, 0.15) is 11.3 Å². The zero-order valence-corrected chi connectivity index (χ0v) is 11.7. The number of nitro groups is 1. The Hall–Kier alpha value is -3.48. The number of aliphatic hydroxyl groups excluding tert-OH is 1. The molecule has 0 spiro atoms. The summed E-state index contributed by atoms with van der Waals surface area (Å²) in [5.41, 5.74) is -0.245. The Balaban J connectivity index is 2.12. The number of nitro benzene ring substituents is 1. The molecule has 7 heteroatoms. The number of nitrogens with zero attached hydrogens (tertiary/aromatic N) is 2. The van der Waals surface area contributed by atoms with E-state index >= 15 is 0 Å². The van der Waals surface area contributed by atoms with E-state index in [2.05, 4.69) is 4.98 Å². The van der Waals surface area contributed by atoms with Gasteiger partial charge < -0.3 is 9.52 Å². The van der Waals surface area contributed by atoms with E-state index in [-0.39, 0.29) is 28.2 Å². The van der Waals surface area contributed by atoms with Crippen LogP contribution < -0.4 is 5.63 Å². The van der Waals surface area contributed by atoms with Gasteiger partial charge in [0.25, 0.3) is 5.69 Å². The Morgan fingerprint density at radius 1 is 1.22 bits per heavy atom. The van der Waals surface area contributed by atoms with Gasteiger partial charge in [0, 0.05) is 23.8 Å². The van der Waals surface area contributed by atoms with E-state index in [0.29, 0.717) is 5.56 Å². The average molecular weight is 310 g/mol. The maximum absolute atomic E-state index is 11.9. The Morgan fingerprint density at radius 2 is 1.96 bits per heavy atom. The van der Waals surface area contributed by atoms with Crippen LogP contribution in [0.2, 0.25) is 0 Å². The third kappa shape index (κ3) is 2.93. The van der Waals surface area contributed by atoms with Gasteiger partial charge in [0.15, 0.2) is 11.3 Å². The van der Waals surface area contributed by atoms with Crippen LogP contribution in [0.25, 0.3) is 22.9 Å². The van der Waals surface area contributed by atoms with E-state index in [0.717, 1.165) is 0 Å². The zero-order chi connectivity index (χ0) is 16.4. The first kappa shape index (κ1) is 14.5. The molecule has 0 atom stereocenters. The molecule has 0 amide bonds. The SMILES string of the molecule is O=c1oc2ccc([N+](=O)[O-])cc2nc1/C=C(\O)c1ccccc1. The van der Waals surface area contributed by atoms with Crippen molar-refractivity contribution in [2.45, 2.75) is 0 Å². The van der Waals surface area contributed by atoms with Gasteiger partial charge in [-0.1, -0.05) is 30.3 Å². The number of non-ortho nitro benzene ring substituents is 1. The van der Waals surface area contributed by atoms with Crippen LogP contribution in [-0.2, 0) is 0 Å². The standard InChI is InChI=1S/C16H10N2O5/c19-14(10-4-2-1-3-5-10)9-13-16(20)23-15-7-6-11(18(21)22)8-12(15)17-13/h1-9,19H/b14-9-. The van der Waals surface area contributed by atoms with Gasteiger partial charge >= 0.3 is 5.63 Å². The Kier molecular flexibility index (Phi) is 3.60. The zero-order valence-electron chi connectivity index (χ0n) is 11.7. The number of aliphatic hydroxyl groups is 1. The molecule has 114 valence electrons. The van der Waals surface area contributed by atoms with Crippen molar-refractivity contribution in [3.05, 3.63) is 80.3 Å². The van der Waals surface area contributed by atoms with E-state index < -0.39 is 10.5 Å². The Morgan fingerprint density at radius 3 is 2.65 bits per heavy atom. The molecule has 0 aliphatic carbocycles. The minimum Gasteiger partial charge on any atom is -0.507 e. The van der Waals surface area contributed by atoms with E-state index in [1.807, 2.05) is 0 Å². The summed E-state index contributed by atoms with van der Waals surface area (Å²) in [5.74, 6) is -0.157. The van der Waals surface area contributed by atoms with Gasteiger partial charge in [-0.2, -0.15) is 0 Å². The van der Waals surface area contributed by atoms with Crippen molar-refractivity contribution in [3.8, 4) is 0 Å². The second-order valence-electron chi connectivity index (χ2n) is 4.69. The first-order chi connectivity index (χ1) is 11.0. The quantitative estimate of drug-likeness (QED) is 0.452. The van der Waals surface area contributed by atoms with Crippen LogP contribution in [-0.4, -0.2) is 15.0 Å². The predicted molar refractivity (Wildman–Crippen MR) is 83.9 cm³/mol. The molecular formula is C16H10N2O5. The van der Waals surface area contributed by atoms with Gasteiger partial charge in [0.05, 0.1) is 4.92 Å². The molecule has 0 aliphatic heterocycles. The fraction of sp³-hybridized carbons (Fsp3) is 0. The van der Waals surface area contributed by atoms with E-state index in [4.69, 9.17) is 4.42 Å². The molecular weight excluding hydrogens is 300 g/mol. The van der Waals surface area contributed by atoms with Crippen LogP contribution in [0.3, 0.4) is 0 Å². The summed E-state index contributed by atoms with van der Waals surface area (Å²) in [6.45, 7) is 0. The summed E-state index contributed by atoms with van der Waals surface area (Å²) in [4.78, 5) is 26.2. The van der Waals surface area contributed by atoms with Crippen LogP contribution in [0.15, 0.2) is 57.7 Å². The minimum atomic E-state index is -0.742. The lowest BCUT2D eigenvalue weighted by Crippen LogP contribution is -2.06. The van der Waals surface area contributed by atoms with Gasteiger partial charge in [-0.3, -0.25) is 10.1 Å². The van der Waals surface area contributed by atoms with Crippen molar-refractivity contribution in [2.24, 2.45) is 0 Å². The van der Waals surface area contributed by atoms with Crippen LogP contribution in [0.4, 0.5) is 5.69 Å². The number of hydrogen-bond donors (Lipinski definition) is 1. The second-order valence-corrected chi connectivity index (χ2v) is 4.69. The molecule has 0 unspecified atom stereocenters. The second kappa shape index (κ2) is 5.72. The highest BCUT2D eigenvalue weighted by Gasteiger charge is 2.11. The molecule has 1 N–H and O–H groups in total. The first-order valence-corrected chi connectivity index (χ1v) is 6.60. The molecule has 1 aromatic heterocycles. The summed E-state index contributed by atoms with van der Waals surface area (Å²) < 4.78 is 5.07. The Labute approximate surface area is 129 Å². The number of benzene rings is 2. The molecule has 0 radical (unpaired) electrons. The number of fused-ring (bicyclic) bond motifs is 1. The number of rotatable bonds is 3. The number of aromatic nitrogens is 1. The smallest absolute Gasteiger partial charge is 0.362 e. The van der Waals surface area contributed by atoms with Crippen molar-refractivity contribution < 1.29 is 14.4 Å². The van der Waals surface area contributed by atoms with Crippen LogP contribution >= 0.6 is 0 Å². The van der Waals surface area contributed by atoms with Crippen LogP contribution in [0.5, 0.6) is 0 Å². The first-order valence-electron chi connectivity index (χ1n) is 6.60. The maximum atomic E-state index is 11.9. The molecule has 7 nitrogen and oxygen atoms in total. The van der Waals surface area contributed by atoms with Gasteiger partial charge in [-0.25, -0.2) is 9.78 Å². The van der Waals surface area contributed by atoms with Crippen molar-refractivity contribution >= 4 is 28.6 Å². The molecule has 1 heterocycles.